The Hall–Kier alpha value is -2.14. The van der Waals surface area contributed by atoms with E-state index in [0.29, 0.717) is 22.8 Å². The van der Waals surface area contributed by atoms with Crippen LogP contribution in [0.2, 0.25) is 0 Å². The van der Waals surface area contributed by atoms with Crippen LogP contribution in [-0.2, 0) is 0 Å². The fourth-order valence-corrected chi connectivity index (χ4v) is 1.74. The van der Waals surface area contributed by atoms with Gasteiger partial charge in [0, 0.05) is 18.0 Å². The molecule has 0 saturated carbocycles. The molecule has 0 spiro atoms. The Morgan fingerprint density at radius 3 is 2.61 bits per heavy atom. The highest BCUT2D eigenvalue weighted by Crippen LogP contribution is 2.36. The van der Waals surface area contributed by atoms with Crippen LogP contribution < -0.4 is 9.47 Å². The highest BCUT2D eigenvalue weighted by molar-refractivity contribution is 5.49. The molecule has 0 bridgehead atoms. The molecule has 0 saturated heterocycles. The Kier molecular flexibility index (Phi) is 3.74. The minimum absolute atomic E-state index is 0.462. The zero-order valence-corrected chi connectivity index (χ0v) is 10.2. The number of para-hydroxylation sites is 1. The average Bonchev–Trinajstić information content (AvgIpc) is 2.46. The predicted octanol–water partition coefficient (Wildman–Crippen LogP) is 1.58. The zero-order valence-electron chi connectivity index (χ0n) is 10.2. The van der Waals surface area contributed by atoms with Crippen molar-refractivity contribution in [2.24, 2.45) is 0 Å². The topological polar surface area (TPSA) is 64.5 Å². The second-order valence-electron chi connectivity index (χ2n) is 3.62. The molecule has 2 rings (SSSR count). The minimum atomic E-state index is -0.899. The second-order valence-corrected chi connectivity index (χ2v) is 3.62. The minimum Gasteiger partial charge on any atom is -0.493 e. The number of ether oxygens (including phenoxy) is 2. The van der Waals surface area contributed by atoms with E-state index >= 15 is 0 Å². The summed E-state index contributed by atoms with van der Waals surface area (Å²) in [6.07, 6.45) is 3.71. The first-order valence-electron chi connectivity index (χ1n) is 5.42. The van der Waals surface area contributed by atoms with Gasteiger partial charge in [-0.25, -0.2) is 0 Å². The number of benzene rings is 1. The van der Waals surface area contributed by atoms with Crippen molar-refractivity contribution in [3.8, 4) is 11.5 Å². The molecule has 5 heteroatoms. The summed E-state index contributed by atoms with van der Waals surface area (Å²) in [5.74, 6) is 1.07. The Labute approximate surface area is 105 Å². The summed E-state index contributed by atoms with van der Waals surface area (Å²) in [4.78, 5) is 8.01. The van der Waals surface area contributed by atoms with Crippen molar-refractivity contribution in [2.75, 3.05) is 14.2 Å². The van der Waals surface area contributed by atoms with Gasteiger partial charge in [-0.05, 0) is 6.07 Å². The average molecular weight is 246 g/mol. The molecular formula is C13H14N2O3. The van der Waals surface area contributed by atoms with Crippen molar-refractivity contribution in [1.29, 1.82) is 0 Å². The highest BCUT2D eigenvalue weighted by atomic mass is 16.5. The van der Waals surface area contributed by atoms with Crippen LogP contribution in [0.4, 0.5) is 0 Å². The van der Waals surface area contributed by atoms with E-state index in [1.54, 1.807) is 31.5 Å². The van der Waals surface area contributed by atoms with E-state index in [1.807, 2.05) is 0 Å². The van der Waals surface area contributed by atoms with Gasteiger partial charge in [-0.2, -0.15) is 0 Å². The van der Waals surface area contributed by atoms with E-state index in [-0.39, 0.29) is 0 Å². The van der Waals surface area contributed by atoms with Crippen LogP contribution >= 0.6 is 0 Å². The molecule has 0 amide bonds. The summed E-state index contributed by atoms with van der Waals surface area (Å²) in [6.45, 7) is 0. The molecule has 0 aliphatic rings. The van der Waals surface area contributed by atoms with Crippen LogP contribution in [0.3, 0.4) is 0 Å². The summed E-state index contributed by atoms with van der Waals surface area (Å²) >= 11 is 0. The monoisotopic (exact) mass is 246 g/mol. The summed E-state index contributed by atoms with van der Waals surface area (Å²) in [6, 6.07) is 5.32. The maximum absolute atomic E-state index is 10.3. The van der Waals surface area contributed by atoms with Crippen LogP contribution in [-0.4, -0.2) is 29.3 Å². The van der Waals surface area contributed by atoms with Crippen LogP contribution in [0.1, 0.15) is 17.4 Å². The number of methoxy groups -OCH3 is 2. The molecule has 0 aliphatic carbocycles. The SMILES string of the molecule is COc1cccc(C(O)c2cnccn2)c1OC. The smallest absolute Gasteiger partial charge is 0.166 e. The molecule has 0 aliphatic heterocycles. The van der Waals surface area contributed by atoms with E-state index in [0.717, 1.165) is 0 Å². The summed E-state index contributed by atoms with van der Waals surface area (Å²) in [5, 5.41) is 10.3. The van der Waals surface area contributed by atoms with Gasteiger partial charge >= 0.3 is 0 Å². The first-order chi connectivity index (χ1) is 8.77. The lowest BCUT2D eigenvalue weighted by Crippen LogP contribution is -2.05. The number of aliphatic hydroxyl groups is 1. The van der Waals surface area contributed by atoms with Crippen LogP contribution in [0.15, 0.2) is 36.8 Å². The number of hydrogen-bond acceptors (Lipinski definition) is 5. The van der Waals surface area contributed by atoms with Crippen LogP contribution in [0.5, 0.6) is 11.5 Å². The molecule has 94 valence electrons. The summed E-state index contributed by atoms with van der Waals surface area (Å²) < 4.78 is 10.5. The first kappa shape index (κ1) is 12.3. The molecule has 1 aromatic heterocycles. The van der Waals surface area contributed by atoms with E-state index < -0.39 is 6.10 Å². The van der Waals surface area contributed by atoms with E-state index in [1.165, 1.54) is 19.5 Å². The second kappa shape index (κ2) is 5.46. The standard InChI is InChI=1S/C13H14N2O3/c1-17-11-5-3-4-9(13(11)18-2)12(16)10-8-14-6-7-15-10/h3-8,12,16H,1-2H3. The summed E-state index contributed by atoms with van der Waals surface area (Å²) in [5.41, 5.74) is 1.06. The van der Waals surface area contributed by atoms with Crippen molar-refractivity contribution >= 4 is 0 Å². The molecule has 5 nitrogen and oxygen atoms in total. The number of aliphatic hydroxyl groups excluding tert-OH is 1. The van der Waals surface area contributed by atoms with Crippen molar-refractivity contribution < 1.29 is 14.6 Å². The quantitative estimate of drug-likeness (QED) is 0.887. The van der Waals surface area contributed by atoms with Crippen molar-refractivity contribution in [3.63, 3.8) is 0 Å². The van der Waals surface area contributed by atoms with Gasteiger partial charge in [-0.3, -0.25) is 9.97 Å². The van der Waals surface area contributed by atoms with Gasteiger partial charge in [0.25, 0.3) is 0 Å². The molecule has 2 aromatic rings. The molecule has 0 fully saturated rings. The van der Waals surface area contributed by atoms with Gasteiger partial charge in [-0.15, -0.1) is 0 Å². The molecule has 1 heterocycles. The third-order valence-electron chi connectivity index (χ3n) is 2.59. The summed E-state index contributed by atoms with van der Waals surface area (Å²) in [7, 11) is 3.08. The predicted molar refractivity (Wildman–Crippen MR) is 65.6 cm³/mol. The van der Waals surface area contributed by atoms with Gasteiger partial charge in [-0.1, -0.05) is 12.1 Å². The molecule has 0 radical (unpaired) electrons. The Balaban J connectivity index is 2.45. The van der Waals surface area contributed by atoms with Crippen molar-refractivity contribution in [3.05, 3.63) is 48.0 Å². The molecular weight excluding hydrogens is 232 g/mol. The third-order valence-corrected chi connectivity index (χ3v) is 2.59. The Morgan fingerprint density at radius 1 is 1.17 bits per heavy atom. The maximum Gasteiger partial charge on any atom is 0.166 e. The lowest BCUT2D eigenvalue weighted by Gasteiger charge is -2.16. The zero-order chi connectivity index (χ0) is 13.0. The van der Waals surface area contributed by atoms with Gasteiger partial charge in [0.15, 0.2) is 11.5 Å². The Bertz CT molecular complexity index is 517. The lowest BCUT2D eigenvalue weighted by molar-refractivity contribution is 0.208. The number of rotatable bonds is 4. The van der Waals surface area contributed by atoms with Gasteiger partial charge in [0.1, 0.15) is 6.10 Å². The van der Waals surface area contributed by atoms with Crippen molar-refractivity contribution in [2.45, 2.75) is 6.10 Å². The molecule has 1 unspecified atom stereocenters. The van der Waals surface area contributed by atoms with Crippen LogP contribution in [0, 0.1) is 0 Å². The molecule has 1 N–H and O–H groups in total. The fourth-order valence-electron chi connectivity index (χ4n) is 1.74. The fraction of sp³-hybridized carbons (Fsp3) is 0.231. The third kappa shape index (κ3) is 2.26. The first-order valence-corrected chi connectivity index (χ1v) is 5.42. The molecule has 1 atom stereocenters. The molecule has 1 aromatic carbocycles. The normalized spacial score (nSPS) is 11.9. The lowest BCUT2D eigenvalue weighted by atomic mass is 10.1. The number of hydrogen-bond donors (Lipinski definition) is 1. The Morgan fingerprint density at radius 2 is 2.00 bits per heavy atom. The van der Waals surface area contributed by atoms with Gasteiger partial charge in [0.05, 0.1) is 26.1 Å². The van der Waals surface area contributed by atoms with E-state index in [9.17, 15) is 5.11 Å². The maximum atomic E-state index is 10.3. The molecule has 18 heavy (non-hydrogen) atoms. The van der Waals surface area contributed by atoms with E-state index in [2.05, 4.69) is 9.97 Å². The highest BCUT2D eigenvalue weighted by Gasteiger charge is 2.19. The largest absolute Gasteiger partial charge is 0.493 e. The number of nitrogens with zero attached hydrogens (tertiary/aromatic N) is 2. The van der Waals surface area contributed by atoms with Gasteiger partial charge < -0.3 is 14.6 Å². The van der Waals surface area contributed by atoms with E-state index in [4.69, 9.17) is 9.47 Å². The van der Waals surface area contributed by atoms with Crippen molar-refractivity contribution in [1.82, 2.24) is 9.97 Å². The number of aromatic nitrogens is 2. The van der Waals surface area contributed by atoms with Crippen LogP contribution in [0.25, 0.3) is 0 Å². The van der Waals surface area contributed by atoms with Gasteiger partial charge in [0.2, 0.25) is 0 Å².